The molecule has 0 aliphatic carbocycles. The van der Waals surface area contributed by atoms with Crippen LogP contribution in [0.3, 0.4) is 0 Å². The molecule has 4 rings (SSSR count). The SMILES string of the molecule is Cn1ccnc1.[O-][Cl+3]([O-])([O-])[O-].[Pt+4].c1cc(C2CCCC[N-]2)nc(C2CCCC[N-]2)c1. The van der Waals surface area contributed by atoms with E-state index in [4.69, 9.17) is 34.3 Å². The number of piperidine rings is 2. The molecule has 2 atom stereocenters. The zero-order valence-corrected chi connectivity index (χ0v) is 19.9. The quantitative estimate of drug-likeness (QED) is 0.459. The van der Waals surface area contributed by atoms with Crippen LogP contribution >= 0.6 is 0 Å². The molecule has 4 heterocycles. The molecule has 0 bridgehead atoms. The van der Waals surface area contributed by atoms with Gasteiger partial charge in [-0.25, -0.2) is 23.6 Å². The number of rotatable bonds is 2. The van der Waals surface area contributed by atoms with Gasteiger partial charge < -0.3 is 15.2 Å². The zero-order chi connectivity index (χ0) is 21.1. The largest absolute Gasteiger partial charge is 4.00 e. The van der Waals surface area contributed by atoms with Gasteiger partial charge in [0.2, 0.25) is 0 Å². The van der Waals surface area contributed by atoms with Crippen LogP contribution < -0.4 is 18.6 Å². The van der Waals surface area contributed by atoms with Gasteiger partial charge in [0.25, 0.3) is 0 Å². The number of imidazole rings is 1. The maximum atomic E-state index is 8.49. The minimum absolute atomic E-state index is 0. The number of nitrogens with zero attached hydrogens (tertiary/aromatic N) is 5. The van der Waals surface area contributed by atoms with Gasteiger partial charge in [0.15, 0.2) is 0 Å². The number of pyridine rings is 1. The smallest absolute Gasteiger partial charge is 0.654 e. The van der Waals surface area contributed by atoms with Crippen molar-refractivity contribution in [1.82, 2.24) is 14.5 Å². The van der Waals surface area contributed by atoms with E-state index in [-0.39, 0.29) is 21.1 Å². The Morgan fingerprint density at radius 2 is 1.43 bits per heavy atom. The molecule has 0 spiro atoms. The molecular formula is C19H27ClN5O4Pt+. The van der Waals surface area contributed by atoms with Gasteiger partial charge in [0, 0.05) is 30.8 Å². The topological polar surface area (TPSA) is 151 Å². The summed E-state index contributed by atoms with van der Waals surface area (Å²) in [6.45, 7) is 2.01. The molecule has 0 N–H and O–H groups in total. The second-order valence-electron chi connectivity index (χ2n) is 6.93. The number of halogens is 1. The van der Waals surface area contributed by atoms with E-state index >= 15 is 0 Å². The molecule has 168 valence electrons. The van der Waals surface area contributed by atoms with E-state index in [9.17, 15) is 0 Å². The van der Waals surface area contributed by atoms with E-state index in [0.717, 1.165) is 37.3 Å². The Kier molecular flexibility index (Phi) is 12.9. The third-order valence-corrected chi connectivity index (χ3v) is 4.58. The minimum Gasteiger partial charge on any atom is -0.654 e. The van der Waals surface area contributed by atoms with Crippen LogP contribution in [-0.4, -0.2) is 27.6 Å². The predicted octanol–water partition coefficient (Wildman–Crippen LogP) is -0.0594. The molecule has 0 saturated carbocycles. The molecule has 2 aliphatic heterocycles. The van der Waals surface area contributed by atoms with Gasteiger partial charge in [0.1, 0.15) is 0 Å². The van der Waals surface area contributed by atoms with Gasteiger partial charge in [-0.3, -0.25) is 4.98 Å². The second-order valence-corrected chi connectivity index (χ2v) is 7.68. The monoisotopic (exact) mass is 619 g/mol. The number of hydrogen-bond donors (Lipinski definition) is 0. The molecule has 2 aliphatic rings. The van der Waals surface area contributed by atoms with Crippen LogP contribution in [0, 0.1) is 10.2 Å². The summed E-state index contributed by atoms with van der Waals surface area (Å²) in [6.07, 6.45) is 12.8. The van der Waals surface area contributed by atoms with Crippen molar-refractivity contribution in [3.8, 4) is 0 Å². The number of hydrogen-bond acceptors (Lipinski definition) is 6. The normalized spacial score (nSPS) is 21.2. The fourth-order valence-electron chi connectivity index (χ4n) is 3.22. The first-order valence-corrected chi connectivity index (χ1v) is 10.9. The third kappa shape index (κ3) is 11.5. The minimum atomic E-state index is -4.94. The Morgan fingerprint density at radius 1 is 0.933 bits per heavy atom. The fourth-order valence-corrected chi connectivity index (χ4v) is 3.22. The van der Waals surface area contributed by atoms with Crippen molar-refractivity contribution in [1.29, 1.82) is 0 Å². The Labute approximate surface area is 193 Å². The van der Waals surface area contributed by atoms with E-state index in [0.29, 0.717) is 12.1 Å². The molecule has 9 nitrogen and oxygen atoms in total. The van der Waals surface area contributed by atoms with Gasteiger partial charge in [-0.15, -0.1) is 23.3 Å². The summed E-state index contributed by atoms with van der Waals surface area (Å²) in [7, 11) is -3.01. The first-order chi connectivity index (χ1) is 13.8. The van der Waals surface area contributed by atoms with E-state index in [1.807, 2.05) is 17.8 Å². The van der Waals surface area contributed by atoms with Crippen molar-refractivity contribution in [3.05, 3.63) is 58.9 Å². The Morgan fingerprint density at radius 3 is 1.73 bits per heavy atom. The van der Waals surface area contributed by atoms with Crippen LogP contribution in [0.4, 0.5) is 0 Å². The molecule has 2 saturated heterocycles. The summed E-state index contributed by atoms with van der Waals surface area (Å²) in [5.41, 5.74) is 2.32. The Balaban J connectivity index is 0.000000311. The van der Waals surface area contributed by atoms with Crippen LogP contribution in [0.15, 0.2) is 36.9 Å². The van der Waals surface area contributed by atoms with Gasteiger partial charge in [0.05, 0.1) is 6.33 Å². The summed E-state index contributed by atoms with van der Waals surface area (Å²) < 4.78 is 35.9. The van der Waals surface area contributed by atoms with Crippen molar-refractivity contribution in [2.45, 2.75) is 50.6 Å². The van der Waals surface area contributed by atoms with Crippen molar-refractivity contribution < 1.29 is 49.9 Å². The summed E-state index contributed by atoms with van der Waals surface area (Å²) in [5, 5.41) is 9.39. The summed E-state index contributed by atoms with van der Waals surface area (Å²) in [6, 6.07) is 7.06. The van der Waals surface area contributed by atoms with Crippen LogP contribution in [0.25, 0.3) is 10.6 Å². The maximum Gasteiger partial charge on any atom is 4.00 e. The van der Waals surface area contributed by atoms with Gasteiger partial charge in [-0.1, -0.05) is 56.7 Å². The van der Waals surface area contributed by atoms with Crippen molar-refractivity contribution in [2.24, 2.45) is 7.05 Å². The van der Waals surface area contributed by atoms with Crippen molar-refractivity contribution in [2.75, 3.05) is 13.1 Å². The van der Waals surface area contributed by atoms with Gasteiger partial charge in [-0.05, 0) is 12.1 Å². The summed E-state index contributed by atoms with van der Waals surface area (Å²) in [5.74, 6) is 0. The predicted molar refractivity (Wildman–Crippen MR) is 97.1 cm³/mol. The first kappa shape index (κ1) is 27.1. The van der Waals surface area contributed by atoms with E-state index in [2.05, 4.69) is 23.2 Å². The molecule has 2 fully saturated rings. The maximum absolute atomic E-state index is 8.49. The molecule has 2 unspecified atom stereocenters. The molecule has 11 heteroatoms. The molecule has 0 amide bonds. The summed E-state index contributed by atoms with van der Waals surface area (Å²) in [4.78, 5) is 8.62. The molecule has 2 aromatic heterocycles. The molecule has 0 radical (unpaired) electrons. The molecule has 30 heavy (non-hydrogen) atoms. The zero-order valence-electron chi connectivity index (χ0n) is 16.8. The first-order valence-electron chi connectivity index (χ1n) is 9.66. The third-order valence-electron chi connectivity index (χ3n) is 4.58. The summed E-state index contributed by atoms with van der Waals surface area (Å²) >= 11 is 0. The van der Waals surface area contributed by atoms with Crippen molar-refractivity contribution in [3.63, 3.8) is 0 Å². The average Bonchev–Trinajstić information content (AvgIpc) is 3.20. The average molecular weight is 620 g/mol. The number of aromatic nitrogens is 3. The van der Waals surface area contributed by atoms with E-state index in [1.54, 1.807) is 12.5 Å². The Bertz CT molecular complexity index is 651. The molecular weight excluding hydrogens is 593 g/mol. The van der Waals surface area contributed by atoms with E-state index < -0.39 is 10.2 Å². The second kappa shape index (κ2) is 14.2. The standard InChI is InChI=1S/C15H21N3.C4H6N2.ClHO4.Pt/c1-3-10-16-12(6-1)14-8-5-9-15(18-14)13-7-2-4-11-17-13;1-6-3-2-5-4-6;2-1(3,4)5;/h5,8-9,12-13H,1-4,6-7,10-11H2;2-4H,1H3;(H,2,3,4,5);/q-2;;;+4/p-1. The van der Waals surface area contributed by atoms with Crippen LogP contribution in [0.1, 0.15) is 62.0 Å². The van der Waals surface area contributed by atoms with Crippen LogP contribution in [0.2, 0.25) is 0 Å². The van der Waals surface area contributed by atoms with Gasteiger partial charge >= 0.3 is 21.1 Å². The van der Waals surface area contributed by atoms with Gasteiger partial charge in [-0.2, -0.15) is 0 Å². The van der Waals surface area contributed by atoms with Crippen molar-refractivity contribution >= 4 is 0 Å². The Hall–Kier alpha value is -0.902. The fraction of sp³-hybridized carbons (Fsp3) is 0.579. The van der Waals surface area contributed by atoms with E-state index in [1.165, 1.54) is 25.7 Å². The van der Waals surface area contributed by atoms with Crippen LogP contribution in [0.5, 0.6) is 0 Å². The van der Waals surface area contributed by atoms with Crippen LogP contribution in [-0.2, 0) is 28.1 Å². The number of aryl methyl sites for hydroxylation is 1. The molecule has 2 aromatic rings. The molecule has 0 aromatic carbocycles.